The first kappa shape index (κ1) is 9.03. The van der Waals surface area contributed by atoms with Gasteiger partial charge < -0.3 is 10.1 Å². The minimum absolute atomic E-state index is 0.494. The summed E-state index contributed by atoms with van der Waals surface area (Å²) in [5, 5.41) is 8.44. The van der Waals surface area contributed by atoms with E-state index in [9.17, 15) is 0 Å². The van der Waals surface area contributed by atoms with E-state index in [4.69, 9.17) is 5.21 Å². The SMILES string of the molecule is CN(C)c1ccc(CNO)cc1. The second-order valence-electron chi connectivity index (χ2n) is 2.90. The molecule has 0 atom stereocenters. The van der Waals surface area contributed by atoms with Gasteiger partial charge >= 0.3 is 0 Å². The van der Waals surface area contributed by atoms with Crippen molar-refractivity contribution in [3.8, 4) is 0 Å². The molecule has 1 rings (SSSR count). The Hall–Kier alpha value is -1.06. The van der Waals surface area contributed by atoms with E-state index >= 15 is 0 Å². The lowest BCUT2D eigenvalue weighted by molar-refractivity contribution is 0.161. The molecule has 0 saturated carbocycles. The molecule has 0 aliphatic heterocycles. The molecule has 0 fully saturated rings. The molecule has 66 valence electrons. The molecule has 3 nitrogen and oxygen atoms in total. The van der Waals surface area contributed by atoms with Crippen LogP contribution in [-0.4, -0.2) is 19.3 Å². The molecule has 0 aliphatic rings. The van der Waals surface area contributed by atoms with Crippen molar-refractivity contribution in [1.29, 1.82) is 0 Å². The lowest BCUT2D eigenvalue weighted by Crippen LogP contribution is -2.09. The lowest BCUT2D eigenvalue weighted by atomic mass is 10.2. The molecule has 0 saturated heterocycles. The minimum Gasteiger partial charge on any atom is -0.378 e. The van der Waals surface area contributed by atoms with Gasteiger partial charge in [0.1, 0.15) is 0 Å². The Labute approximate surface area is 72.6 Å². The van der Waals surface area contributed by atoms with Crippen molar-refractivity contribution in [2.45, 2.75) is 6.54 Å². The van der Waals surface area contributed by atoms with E-state index in [0.717, 1.165) is 11.3 Å². The third kappa shape index (κ3) is 2.22. The van der Waals surface area contributed by atoms with Gasteiger partial charge in [-0.2, -0.15) is 0 Å². The fourth-order valence-electron chi connectivity index (χ4n) is 1.00. The van der Waals surface area contributed by atoms with Crippen molar-refractivity contribution in [1.82, 2.24) is 5.48 Å². The highest BCUT2D eigenvalue weighted by Gasteiger charge is 1.94. The van der Waals surface area contributed by atoms with Crippen LogP contribution in [0.2, 0.25) is 0 Å². The standard InChI is InChI=1S/C9H14N2O/c1-11(2)9-5-3-8(4-6-9)7-10-12/h3-6,10,12H,7H2,1-2H3. The summed E-state index contributed by atoms with van der Waals surface area (Å²) in [6.07, 6.45) is 0. The van der Waals surface area contributed by atoms with Crippen molar-refractivity contribution in [3.63, 3.8) is 0 Å². The summed E-state index contributed by atoms with van der Waals surface area (Å²) in [6, 6.07) is 8.01. The van der Waals surface area contributed by atoms with E-state index in [1.165, 1.54) is 0 Å². The van der Waals surface area contributed by atoms with Crippen molar-refractivity contribution in [3.05, 3.63) is 29.8 Å². The Balaban J connectivity index is 2.71. The van der Waals surface area contributed by atoms with Gasteiger partial charge in [0.05, 0.1) is 0 Å². The maximum absolute atomic E-state index is 8.44. The largest absolute Gasteiger partial charge is 0.378 e. The summed E-state index contributed by atoms with van der Waals surface area (Å²) in [7, 11) is 4.00. The summed E-state index contributed by atoms with van der Waals surface area (Å²) in [5.74, 6) is 0. The van der Waals surface area contributed by atoms with Crippen molar-refractivity contribution >= 4 is 5.69 Å². The molecule has 0 spiro atoms. The summed E-state index contributed by atoms with van der Waals surface area (Å²) < 4.78 is 0. The van der Waals surface area contributed by atoms with Gasteiger partial charge in [-0.15, -0.1) is 0 Å². The second kappa shape index (κ2) is 4.09. The van der Waals surface area contributed by atoms with E-state index in [0.29, 0.717) is 6.54 Å². The first-order chi connectivity index (χ1) is 5.74. The van der Waals surface area contributed by atoms with Crippen LogP contribution in [0.15, 0.2) is 24.3 Å². The van der Waals surface area contributed by atoms with Crippen molar-refractivity contribution in [2.24, 2.45) is 0 Å². The predicted molar refractivity (Wildman–Crippen MR) is 49.4 cm³/mol. The Morgan fingerprint density at radius 3 is 2.25 bits per heavy atom. The maximum atomic E-state index is 8.44. The van der Waals surface area contributed by atoms with Crippen LogP contribution in [0.1, 0.15) is 5.56 Å². The van der Waals surface area contributed by atoms with Crippen LogP contribution >= 0.6 is 0 Å². The molecule has 0 aliphatic carbocycles. The maximum Gasteiger partial charge on any atom is 0.0458 e. The Morgan fingerprint density at radius 1 is 1.25 bits per heavy atom. The average Bonchev–Trinajstić information content (AvgIpc) is 2.06. The first-order valence-corrected chi connectivity index (χ1v) is 3.87. The molecule has 0 amide bonds. The number of hydrogen-bond donors (Lipinski definition) is 2. The topological polar surface area (TPSA) is 35.5 Å². The fourth-order valence-corrected chi connectivity index (χ4v) is 1.00. The number of nitrogens with one attached hydrogen (secondary N) is 1. The minimum atomic E-state index is 0.494. The molecule has 2 N–H and O–H groups in total. The zero-order chi connectivity index (χ0) is 8.97. The molecular formula is C9H14N2O. The lowest BCUT2D eigenvalue weighted by Gasteiger charge is -2.12. The quantitative estimate of drug-likeness (QED) is 0.663. The smallest absolute Gasteiger partial charge is 0.0458 e. The zero-order valence-corrected chi connectivity index (χ0v) is 7.41. The third-order valence-electron chi connectivity index (χ3n) is 1.74. The summed E-state index contributed by atoms with van der Waals surface area (Å²) in [5.41, 5.74) is 4.35. The predicted octanol–water partition coefficient (Wildman–Crippen LogP) is 1.23. The number of benzene rings is 1. The molecule has 0 radical (unpaired) electrons. The van der Waals surface area contributed by atoms with Gasteiger partial charge in [0.15, 0.2) is 0 Å². The highest BCUT2D eigenvalue weighted by atomic mass is 16.5. The van der Waals surface area contributed by atoms with Crippen LogP contribution in [-0.2, 0) is 6.54 Å². The number of hydrogen-bond acceptors (Lipinski definition) is 3. The normalized spacial score (nSPS) is 9.92. The zero-order valence-electron chi connectivity index (χ0n) is 7.41. The number of nitrogens with zero attached hydrogens (tertiary/aromatic N) is 1. The molecule has 12 heavy (non-hydrogen) atoms. The fraction of sp³-hybridized carbons (Fsp3) is 0.333. The molecule has 3 heteroatoms. The van der Waals surface area contributed by atoms with E-state index < -0.39 is 0 Å². The van der Waals surface area contributed by atoms with E-state index in [1.807, 2.05) is 43.3 Å². The molecule has 0 heterocycles. The van der Waals surface area contributed by atoms with Gasteiger partial charge in [-0.05, 0) is 17.7 Å². The first-order valence-electron chi connectivity index (χ1n) is 3.87. The average molecular weight is 166 g/mol. The number of rotatable bonds is 3. The van der Waals surface area contributed by atoms with Crippen molar-refractivity contribution in [2.75, 3.05) is 19.0 Å². The van der Waals surface area contributed by atoms with Crippen LogP contribution in [0, 0.1) is 0 Å². The molecule has 0 unspecified atom stereocenters. The molecule has 1 aromatic rings. The Morgan fingerprint density at radius 2 is 1.83 bits per heavy atom. The van der Waals surface area contributed by atoms with Gasteiger partial charge in [0, 0.05) is 26.3 Å². The number of anilines is 1. The van der Waals surface area contributed by atoms with Crippen LogP contribution in [0.4, 0.5) is 5.69 Å². The van der Waals surface area contributed by atoms with Crippen LogP contribution in [0.25, 0.3) is 0 Å². The molecule has 1 aromatic carbocycles. The molecule has 0 aromatic heterocycles. The van der Waals surface area contributed by atoms with Gasteiger partial charge in [0.2, 0.25) is 0 Å². The van der Waals surface area contributed by atoms with Gasteiger partial charge in [0.25, 0.3) is 0 Å². The van der Waals surface area contributed by atoms with Gasteiger partial charge in [-0.25, -0.2) is 5.48 Å². The van der Waals surface area contributed by atoms with Gasteiger partial charge in [-0.3, -0.25) is 0 Å². The van der Waals surface area contributed by atoms with Crippen LogP contribution < -0.4 is 10.4 Å². The second-order valence-corrected chi connectivity index (χ2v) is 2.90. The Kier molecular flexibility index (Phi) is 3.08. The van der Waals surface area contributed by atoms with Gasteiger partial charge in [-0.1, -0.05) is 12.1 Å². The number of hydroxylamine groups is 1. The highest BCUT2D eigenvalue weighted by Crippen LogP contribution is 2.11. The summed E-state index contributed by atoms with van der Waals surface area (Å²) >= 11 is 0. The van der Waals surface area contributed by atoms with Crippen molar-refractivity contribution < 1.29 is 5.21 Å². The van der Waals surface area contributed by atoms with E-state index in [2.05, 4.69) is 5.48 Å². The highest BCUT2D eigenvalue weighted by molar-refractivity contribution is 5.45. The van der Waals surface area contributed by atoms with E-state index in [-0.39, 0.29) is 0 Å². The summed E-state index contributed by atoms with van der Waals surface area (Å²) in [4.78, 5) is 2.04. The monoisotopic (exact) mass is 166 g/mol. The van der Waals surface area contributed by atoms with Crippen LogP contribution in [0.5, 0.6) is 0 Å². The Bertz CT molecular complexity index is 231. The molecule has 0 bridgehead atoms. The van der Waals surface area contributed by atoms with Crippen LogP contribution in [0.3, 0.4) is 0 Å². The third-order valence-corrected chi connectivity index (χ3v) is 1.74. The molecular weight excluding hydrogens is 152 g/mol. The van der Waals surface area contributed by atoms with E-state index in [1.54, 1.807) is 0 Å². The summed E-state index contributed by atoms with van der Waals surface area (Å²) in [6.45, 7) is 0.494.